The standard InChI is InChI=1S/C20H24N2O3/c23-18(21(15-10-11-15)12-14-6-2-1-3-7-14)13-22-19(24)16-8-4-5-9-17(16)20(22)25/h1-3,6-7,15-17H,4-5,8-13H2. The number of hydrogen-bond donors (Lipinski definition) is 0. The zero-order valence-electron chi connectivity index (χ0n) is 14.4. The number of fused-ring (bicyclic) bond motifs is 1. The molecule has 0 radical (unpaired) electrons. The minimum atomic E-state index is -0.183. The lowest BCUT2D eigenvalue weighted by atomic mass is 9.81. The molecule has 5 nitrogen and oxygen atoms in total. The van der Waals surface area contributed by atoms with E-state index < -0.39 is 0 Å². The van der Waals surface area contributed by atoms with Crippen molar-refractivity contribution in [2.45, 2.75) is 51.1 Å². The third-order valence-electron chi connectivity index (χ3n) is 5.73. The molecule has 25 heavy (non-hydrogen) atoms. The second-order valence-corrected chi connectivity index (χ2v) is 7.50. The number of rotatable bonds is 5. The van der Waals surface area contributed by atoms with Crippen molar-refractivity contribution in [3.05, 3.63) is 35.9 Å². The number of amides is 3. The zero-order valence-corrected chi connectivity index (χ0v) is 14.4. The summed E-state index contributed by atoms with van der Waals surface area (Å²) in [6, 6.07) is 10.1. The predicted molar refractivity (Wildman–Crippen MR) is 92.2 cm³/mol. The van der Waals surface area contributed by atoms with E-state index in [9.17, 15) is 14.4 Å². The summed E-state index contributed by atoms with van der Waals surface area (Å²) >= 11 is 0. The molecule has 132 valence electrons. The number of nitrogens with zero attached hydrogens (tertiary/aromatic N) is 2. The van der Waals surface area contributed by atoms with E-state index in [-0.39, 0.29) is 42.1 Å². The van der Waals surface area contributed by atoms with Crippen molar-refractivity contribution < 1.29 is 14.4 Å². The Balaban J connectivity index is 1.46. The van der Waals surface area contributed by atoms with Gasteiger partial charge in [-0.3, -0.25) is 19.3 Å². The molecule has 1 aliphatic heterocycles. The Labute approximate surface area is 148 Å². The maximum atomic E-state index is 12.9. The highest BCUT2D eigenvalue weighted by Crippen LogP contribution is 2.38. The molecule has 5 heteroatoms. The Bertz CT molecular complexity index is 659. The van der Waals surface area contributed by atoms with Crippen molar-refractivity contribution in [2.24, 2.45) is 11.8 Å². The molecule has 0 N–H and O–H groups in total. The van der Waals surface area contributed by atoms with Gasteiger partial charge < -0.3 is 4.90 Å². The van der Waals surface area contributed by atoms with Gasteiger partial charge in [0.1, 0.15) is 6.54 Å². The van der Waals surface area contributed by atoms with Crippen LogP contribution in [0.2, 0.25) is 0 Å². The summed E-state index contributed by atoms with van der Waals surface area (Å²) in [5, 5.41) is 0. The van der Waals surface area contributed by atoms with E-state index in [1.54, 1.807) is 0 Å². The predicted octanol–water partition coefficient (Wildman–Crippen LogP) is 2.35. The van der Waals surface area contributed by atoms with Crippen LogP contribution < -0.4 is 0 Å². The average molecular weight is 340 g/mol. The smallest absolute Gasteiger partial charge is 0.243 e. The Morgan fingerprint density at radius 2 is 1.56 bits per heavy atom. The maximum Gasteiger partial charge on any atom is 0.243 e. The molecule has 1 heterocycles. The Hall–Kier alpha value is -2.17. The summed E-state index contributed by atoms with van der Waals surface area (Å²) in [5.41, 5.74) is 1.08. The summed E-state index contributed by atoms with van der Waals surface area (Å²) in [5.74, 6) is -0.723. The SMILES string of the molecule is O=C1C2CCCCC2C(=O)N1CC(=O)N(Cc1ccccc1)C1CC1. The van der Waals surface area contributed by atoms with Gasteiger partial charge in [0.25, 0.3) is 0 Å². The second kappa shape index (κ2) is 6.62. The Morgan fingerprint density at radius 3 is 2.12 bits per heavy atom. The molecule has 3 amide bonds. The summed E-state index contributed by atoms with van der Waals surface area (Å²) in [6.07, 6.45) is 5.60. The molecular formula is C20H24N2O3. The number of imide groups is 1. The van der Waals surface area contributed by atoms with Crippen LogP contribution in [0, 0.1) is 11.8 Å². The molecule has 0 aromatic heterocycles. The van der Waals surface area contributed by atoms with Gasteiger partial charge in [-0.2, -0.15) is 0 Å². The van der Waals surface area contributed by atoms with E-state index in [0.717, 1.165) is 44.1 Å². The molecule has 1 aromatic rings. The highest BCUT2D eigenvalue weighted by molar-refractivity contribution is 6.07. The Morgan fingerprint density at radius 1 is 0.960 bits per heavy atom. The fraction of sp³-hybridized carbons (Fsp3) is 0.550. The lowest BCUT2D eigenvalue weighted by Gasteiger charge is -2.25. The molecule has 3 fully saturated rings. The minimum absolute atomic E-state index is 0.0893. The first-order valence-electron chi connectivity index (χ1n) is 9.34. The van der Waals surface area contributed by atoms with Gasteiger partial charge in [0.05, 0.1) is 11.8 Å². The van der Waals surface area contributed by atoms with Crippen molar-refractivity contribution in [2.75, 3.05) is 6.54 Å². The Kier molecular flexibility index (Phi) is 4.32. The summed E-state index contributed by atoms with van der Waals surface area (Å²) in [6.45, 7) is 0.460. The van der Waals surface area contributed by atoms with E-state index in [2.05, 4.69) is 0 Å². The molecule has 4 rings (SSSR count). The highest BCUT2D eigenvalue weighted by atomic mass is 16.2. The van der Waals surface area contributed by atoms with E-state index in [0.29, 0.717) is 6.54 Å². The van der Waals surface area contributed by atoms with Gasteiger partial charge in [0.15, 0.2) is 0 Å². The maximum absolute atomic E-state index is 12.9. The number of benzene rings is 1. The molecule has 2 aliphatic carbocycles. The fourth-order valence-electron chi connectivity index (χ4n) is 4.20. The van der Waals surface area contributed by atoms with Crippen LogP contribution in [0.1, 0.15) is 44.1 Å². The first kappa shape index (κ1) is 16.3. The van der Waals surface area contributed by atoms with Crippen LogP contribution in [0.5, 0.6) is 0 Å². The van der Waals surface area contributed by atoms with Crippen LogP contribution in [-0.4, -0.2) is 40.1 Å². The van der Waals surface area contributed by atoms with Gasteiger partial charge >= 0.3 is 0 Å². The van der Waals surface area contributed by atoms with E-state index >= 15 is 0 Å². The molecule has 2 saturated carbocycles. The average Bonchev–Trinajstić information content (AvgIpc) is 3.45. The van der Waals surface area contributed by atoms with Crippen LogP contribution in [-0.2, 0) is 20.9 Å². The van der Waals surface area contributed by atoms with E-state index in [4.69, 9.17) is 0 Å². The fourth-order valence-corrected chi connectivity index (χ4v) is 4.20. The van der Waals surface area contributed by atoms with Crippen molar-refractivity contribution in [3.63, 3.8) is 0 Å². The van der Waals surface area contributed by atoms with Gasteiger partial charge in [-0.15, -0.1) is 0 Å². The minimum Gasteiger partial charge on any atom is -0.334 e. The lowest BCUT2D eigenvalue weighted by Crippen LogP contribution is -2.43. The normalized spacial score (nSPS) is 25.8. The van der Waals surface area contributed by atoms with E-state index in [1.165, 1.54) is 4.90 Å². The van der Waals surface area contributed by atoms with Crippen molar-refractivity contribution in [3.8, 4) is 0 Å². The monoisotopic (exact) mass is 340 g/mol. The molecule has 2 atom stereocenters. The van der Waals surface area contributed by atoms with Crippen molar-refractivity contribution >= 4 is 17.7 Å². The molecule has 1 saturated heterocycles. The molecule has 2 unspecified atom stereocenters. The molecule has 3 aliphatic rings. The second-order valence-electron chi connectivity index (χ2n) is 7.50. The topological polar surface area (TPSA) is 57.7 Å². The number of hydrogen-bond acceptors (Lipinski definition) is 3. The number of carbonyl (C=O) groups is 3. The third kappa shape index (κ3) is 3.20. The molecule has 0 spiro atoms. The third-order valence-corrected chi connectivity index (χ3v) is 5.73. The van der Waals surface area contributed by atoms with Crippen LogP contribution in [0.15, 0.2) is 30.3 Å². The summed E-state index contributed by atoms with van der Waals surface area (Å²) < 4.78 is 0. The highest BCUT2D eigenvalue weighted by Gasteiger charge is 2.49. The van der Waals surface area contributed by atoms with Crippen LogP contribution in [0.25, 0.3) is 0 Å². The number of likely N-dealkylation sites (tertiary alicyclic amines) is 1. The first-order valence-corrected chi connectivity index (χ1v) is 9.34. The summed E-state index contributed by atoms with van der Waals surface area (Å²) in [7, 11) is 0. The molecule has 1 aromatic carbocycles. The van der Waals surface area contributed by atoms with E-state index in [1.807, 2.05) is 35.2 Å². The van der Waals surface area contributed by atoms with Gasteiger partial charge in [-0.05, 0) is 31.2 Å². The van der Waals surface area contributed by atoms with Crippen LogP contribution >= 0.6 is 0 Å². The largest absolute Gasteiger partial charge is 0.334 e. The number of carbonyl (C=O) groups excluding carboxylic acids is 3. The summed E-state index contributed by atoms with van der Waals surface area (Å²) in [4.78, 5) is 41.1. The van der Waals surface area contributed by atoms with Crippen LogP contribution in [0.4, 0.5) is 0 Å². The van der Waals surface area contributed by atoms with Crippen molar-refractivity contribution in [1.29, 1.82) is 0 Å². The van der Waals surface area contributed by atoms with Crippen LogP contribution in [0.3, 0.4) is 0 Å². The van der Waals surface area contributed by atoms with Gasteiger partial charge in [-0.25, -0.2) is 0 Å². The zero-order chi connectivity index (χ0) is 17.4. The van der Waals surface area contributed by atoms with Gasteiger partial charge in [0.2, 0.25) is 17.7 Å². The lowest BCUT2D eigenvalue weighted by molar-refractivity contribution is -0.147. The molecule has 0 bridgehead atoms. The van der Waals surface area contributed by atoms with Gasteiger partial charge in [-0.1, -0.05) is 43.2 Å². The van der Waals surface area contributed by atoms with Crippen molar-refractivity contribution in [1.82, 2.24) is 9.80 Å². The van der Waals surface area contributed by atoms with Gasteiger partial charge in [0, 0.05) is 12.6 Å². The quantitative estimate of drug-likeness (QED) is 0.773. The first-order chi connectivity index (χ1) is 12.1. The molecular weight excluding hydrogens is 316 g/mol.